The number of aromatic amines is 1. The number of pyridine rings is 1. The van der Waals surface area contributed by atoms with Crippen molar-refractivity contribution in [2.75, 3.05) is 0 Å². The Labute approximate surface area is 142 Å². The zero-order valence-corrected chi connectivity index (χ0v) is 13.1. The molecule has 0 aliphatic heterocycles. The molecule has 3 N–H and O–H groups in total. The quantitative estimate of drug-likeness (QED) is 0.677. The Balaban J connectivity index is 2.04. The highest BCUT2D eigenvalue weighted by Gasteiger charge is 2.09. The van der Waals surface area contributed by atoms with Crippen LogP contribution in [0.5, 0.6) is 0 Å². The number of primary amides is 1. The molecule has 0 aliphatic rings. The largest absolute Gasteiger partial charge is 0.366 e. The average molecular weight is 334 g/mol. The third-order valence-corrected chi connectivity index (χ3v) is 3.58. The lowest BCUT2D eigenvalue weighted by Crippen LogP contribution is -2.18. The number of hydrogen-bond acceptors (Lipinski definition) is 5. The fourth-order valence-electron chi connectivity index (χ4n) is 2.38. The number of nitrogens with one attached hydrogen (secondary N) is 1. The number of hydrogen-bond donors (Lipinski definition) is 2. The summed E-state index contributed by atoms with van der Waals surface area (Å²) in [5.41, 5.74) is 8.06. The molecule has 3 aromatic heterocycles. The van der Waals surface area contributed by atoms with E-state index >= 15 is 0 Å². The van der Waals surface area contributed by atoms with Gasteiger partial charge in [-0.3, -0.25) is 9.59 Å². The molecule has 0 unspecified atom stereocenters. The van der Waals surface area contributed by atoms with Gasteiger partial charge < -0.3 is 15.3 Å². The van der Waals surface area contributed by atoms with Gasteiger partial charge in [0.2, 0.25) is 5.91 Å². The molecule has 3 rings (SSSR count). The minimum Gasteiger partial charge on any atom is -0.366 e. The number of nitrogens with zero attached hydrogens (tertiary/aromatic N) is 4. The first-order chi connectivity index (χ1) is 12.1. The van der Waals surface area contributed by atoms with Crippen molar-refractivity contribution in [2.45, 2.75) is 13.0 Å². The predicted octanol–water partition coefficient (Wildman–Crippen LogP) is 1.20. The molecule has 124 valence electrons. The van der Waals surface area contributed by atoms with Gasteiger partial charge in [-0.05, 0) is 12.1 Å². The van der Waals surface area contributed by atoms with Crippen LogP contribution in [0.2, 0.25) is 0 Å². The van der Waals surface area contributed by atoms with E-state index in [0.717, 1.165) is 0 Å². The van der Waals surface area contributed by atoms with Crippen LogP contribution in [-0.2, 0) is 11.3 Å². The molecular weight excluding hydrogens is 320 g/mol. The Bertz CT molecular complexity index is 1070. The highest BCUT2D eigenvalue weighted by molar-refractivity contribution is 5.93. The molecule has 0 aliphatic carbocycles. The molecule has 25 heavy (non-hydrogen) atoms. The van der Waals surface area contributed by atoms with Gasteiger partial charge in [0.05, 0.1) is 24.4 Å². The van der Waals surface area contributed by atoms with Crippen molar-refractivity contribution in [3.05, 3.63) is 52.7 Å². The number of aromatic nitrogens is 4. The summed E-state index contributed by atoms with van der Waals surface area (Å²) in [6, 6.07) is 5.11. The lowest BCUT2D eigenvalue weighted by molar-refractivity contribution is -0.113. The van der Waals surface area contributed by atoms with Crippen LogP contribution >= 0.6 is 0 Å². The van der Waals surface area contributed by atoms with Crippen molar-refractivity contribution in [2.24, 2.45) is 5.73 Å². The molecule has 0 atom stereocenters. The summed E-state index contributed by atoms with van der Waals surface area (Å²) in [7, 11) is 0. The molecule has 0 radical (unpaired) electrons. The van der Waals surface area contributed by atoms with E-state index in [9.17, 15) is 9.59 Å². The van der Waals surface area contributed by atoms with E-state index in [1.54, 1.807) is 30.7 Å². The fourth-order valence-corrected chi connectivity index (χ4v) is 2.38. The lowest BCUT2D eigenvalue weighted by Gasteiger charge is -2.06. The van der Waals surface area contributed by atoms with E-state index in [1.807, 2.05) is 6.07 Å². The van der Waals surface area contributed by atoms with E-state index in [2.05, 4.69) is 15.0 Å². The van der Waals surface area contributed by atoms with Crippen LogP contribution in [0.25, 0.3) is 28.5 Å². The van der Waals surface area contributed by atoms with E-state index in [0.29, 0.717) is 34.5 Å². The van der Waals surface area contributed by atoms with Gasteiger partial charge in [0.25, 0.3) is 5.56 Å². The van der Waals surface area contributed by atoms with Crippen LogP contribution in [0.3, 0.4) is 0 Å². The second-order valence-electron chi connectivity index (χ2n) is 5.29. The number of amides is 1. The summed E-state index contributed by atoms with van der Waals surface area (Å²) in [5.74, 6) is -0.553. The fraction of sp³-hybridized carbons (Fsp3) is 0.118. The summed E-state index contributed by atoms with van der Waals surface area (Å²) < 4.78 is 1.47. The zero-order valence-electron chi connectivity index (χ0n) is 13.1. The maximum atomic E-state index is 11.8. The molecule has 3 heterocycles. The third kappa shape index (κ3) is 3.45. The number of H-pyrrole nitrogens is 1. The number of rotatable bonds is 5. The van der Waals surface area contributed by atoms with Gasteiger partial charge in [0, 0.05) is 42.2 Å². The Hall–Kier alpha value is -3.73. The van der Waals surface area contributed by atoms with Crippen molar-refractivity contribution >= 4 is 23.1 Å². The first-order valence-electron chi connectivity index (χ1n) is 7.48. The van der Waals surface area contributed by atoms with Crippen molar-refractivity contribution in [3.8, 4) is 17.3 Å². The minimum atomic E-state index is -0.553. The first-order valence-corrected chi connectivity index (χ1v) is 7.48. The molecule has 0 aromatic carbocycles. The molecule has 3 aromatic rings. The molecule has 0 fully saturated rings. The molecule has 0 saturated heterocycles. The third-order valence-electron chi connectivity index (χ3n) is 3.58. The SMILES string of the molecule is N#CCCn1cc(-c2cnc3[nH]cc(/C=C/C(N)=O)c3n2)ccc1=O. The Morgan fingerprint density at radius 1 is 1.44 bits per heavy atom. The molecular formula is C17H14N6O2. The number of aryl methyl sites for hydroxylation is 1. The second-order valence-corrected chi connectivity index (χ2v) is 5.29. The van der Waals surface area contributed by atoms with Gasteiger partial charge in [-0.25, -0.2) is 9.97 Å². The summed E-state index contributed by atoms with van der Waals surface area (Å²) in [6.45, 7) is 0.315. The maximum Gasteiger partial charge on any atom is 0.250 e. The second kappa shape index (κ2) is 6.80. The van der Waals surface area contributed by atoms with Crippen molar-refractivity contribution in [1.82, 2.24) is 19.5 Å². The Morgan fingerprint density at radius 3 is 3.04 bits per heavy atom. The van der Waals surface area contributed by atoms with Crippen molar-refractivity contribution in [3.63, 3.8) is 0 Å². The van der Waals surface area contributed by atoms with Crippen LogP contribution in [0, 0.1) is 11.3 Å². The van der Waals surface area contributed by atoms with Crippen LogP contribution in [0.15, 0.2) is 41.6 Å². The lowest BCUT2D eigenvalue weighted by atomic mass is 10.2. The molecule has 0 spiro atoms. The predicted molar refractivity (Wildman–Crippen MR) is 92.0 cm³/mol. The van der Waals surface area contributed by atoms with E-state index < -0.39 is 5.91 Å². The van der Waals surface area contributed by atoms with Crippen LogP contribution in [-0.4, -0.2) is 25.4 Å². The van der Waals surface area contributed by atoms with E-state index in [1.165, 1.54) is 16.7 Å². The van der Waals surface area contributed by atoms with Crippen molar-refractivity contribution < 1.29 is 4.79 Å². The molecule has 0 bridgehead atoms. The van der Waals surface area contributed by atoms with Gasteiger partial charge in [-0.2, -0.15) is 5.26 Å². The molecule has 8 nitrogen and oxygen atoms in total. The summed E-state index contributed by atoms with van der Waals surface area (Å²) in [5, 5.41) is 8.69. The van der Waals surface area contributed by atoms with Crippen molar-refractivity contribution in [1.29, 1.82) is 5.26 Å². The number of carbonyl (C=O) groups excluding carboxylic acids is 1. The maximum absolute atomic E-state index is 11.8. The molecule has 8 heteroatoms. The van der Waals surface area contributed by atoms with E-state index in [-0.39, 0.29) is 12.0 Å². The highest BCUT2D eigenvalue weighted by Crippen LogP contribution is 2.21. The number of fused-ring (bicyclic) bond motifs is 1. The van der Waals surface area contributed by atoms with Gasteiger partial charge >= 0.3 is 0 Å². The number of nitriles is 1. The van der Waals surface area contributed by atoms with Gasteiger partial charge in [-0.1, -0.05) is 0 Å². The van der Waals surface area contributed by atoms with Crippen LogP contribution < -0.4 is 11.3 Å². The van der Waals surface area contributed by atoms with Crippen LogP contribution in [0.1, 0.15) is 12.0 Å². The standard InChI is InChI=1S/C17H14N6O2/c18-6-1-7-23-10-12(3-5-15(23)25)13-9-21-17-16(22-13)11(8-20-17)2-4-14(19)24/h2-5,8-10H,1,7H2,(H2,19,24)(H,20,21)/b4-2+. The molecule has 1 amide bonds. The Morgan fingerprint density at radius 2 is 2.28 bits per heavy atom. The number of nitrogens with two attached hydrogens (primary N) is 1. The Kier molecular flexibility index (Phi) is 4.39. The molecule has 0 saturated carbocycles. The number of carbonyl (C=O) groups is 1. The zero-order chi connectivity index (χ0) is 17.8. The average Bonchev–Trinajstić information content (AvgIpc) is 3.01. The van der Waals surface area contributed by atoms with Gasteiger partial charge in [0.1, 0.15) is 5.52 Å². The normalized spacial score (nSPS) is 11.0. The van der Waals surface area contributed by atoms with Gasteiger partial charge in [0.15, 0.2) is 5.65 Å². The minimum absolute atomic E-state index is 0.181. The van der Waals surface area contributed by atoms with Gasteiger partial charge in [-0.15, -0.1) is 0 Å². The van der Waals surface area contributed by atoms with Crippen LogP contribution in [0.4, 0.5) is 0 Å². The summed E-state index contributed by atoms with van der Waals surface area (Å²) >= 11 is 0. The summed E-state index contributed by atoms with van der Waals surface area (Å²) in [6.07, 6.45) is 7.98. The van der Waals surface area contributed by atoms with E-state index in [4.69, 9.17) is 11.0 Å². The summed E-state index contributed by atoms with van der Waals surface area (Å²) in [4.78, 5) is 34.6. The highest BCUT2D eigenvalue weighted by atomic mass is 16.1. The smallest absolute Gasteiger partial charge is 0.250 e. The first kappa shape index (κ1) is 16.1. The monoisotopic (exact) mass is 334 g/mol. The topological polar surface area (TPSA) is 130 Å².